The van der Waals surface area contributed by atoms with Crippen LogP contribution in [0.5, 0.6) is 0 Å². The van der Waals surface area contributed by atoms with Gasteiger partial charge in [-0.3, -0.25) is 4.79 Å². The quantitative estimate of drug-likeness (QED) is 0.525. The fourth-order valence-corrected chi connectivity index (χ4v) is 4.24. The van der Waals surface area contributed by atoms with E-state index in [1.165, 1.54) is 54.4 Å². The summed E-state index contributed by atoms with van der Waals surface area (Å²) in [7, 11) is 0. The zero-order chi connectivity index (χ0) is 16.5. The molecular formula is C16H24N4OS2. The summed E-state index contributed by atoms with van der Waals surface area (Å²) in [6, 6.07) is 0. The Labute approximate surface area is 146 Å². The van der Waals surface area contributed by atoms with Gasteiger partial charge in [-0.1, -0.05) is 40.8 Å². The predicted molar refractivity (Wildman–Crippen MR) is 98.1 cm³/mol. The van der Waals surface area contributed by atoms with E-state index in [0.29, 0.717) is 6.54 Å². The van der Waals surface area contributed by atoms with Crippen molar-refractivity contribution in [3.63, 3.8) is 0 Å². The van der Waals surface area contributed by atoms with Gasteiger partial charge in [0.2, 0.25) is 11.0 Å². The number of carbonyl (C=O) groups is 1. The first kappa shape index (κ1) is 18.0. The van der Waals surface area contributed by atoms with Crippen molar-refractivity contribution in [3.05, 3.63) is 24.3 Å². The van der Waals surface area contributed by atoms with Crippen molar-refractivity contribution >= 4 is 34.1 Å². The molecule has 0 aromatic carbocycles. The maximum absolute atomic E-state index is 12.1. The van der Waals surface area contributed by atoms with Gasteiger partial charge in [-0.25, -0.2) is 0 Å². The summed E-state index contributed by atoms with van der Waals surface area (Å²) < 4.78 is 0.800. The molecule has 1 heterocycles. The lowest BCUT2D eigenvalue weighted by atomic mass is 9.97. The molecule has 0 bridgehead atoms. The third-order valence-electron chi connectivity index (χ3n) is 3.58. The van der Waals surface area contributed by atoms with Crippen molar-refractivity contribution in [2.24, 2.45) is 0 Å². The molecule has 1 aliphatic rings. The largest absolute Gasteiger partial charge is 0.357 e. The van der Waals surface area contributed by atoms with E-state index in [1.54, 1.807) is 6.08 Å². The van der Waals surface area contributed by atoms with Crippen LogP contribution in [0, 0.1) is 0 Å². The molecular weight excluding hydrogens is 328 g/mol. The Kier molecular flexibility index (Phi) is 7.61. The summed E-state index contributed by atoms with van der Waals surface area (Å²) >= 11 is 2.90. The van der Waals surface area contributed by atoms with Gasteiger partial charge in [0.1, 0.15) is 0 Å². The first-order valence-electron chi connectivity index (χ1n) is 7.99. The number of amides is 1. The Morgan fingerprint density at radius 1 is 1.52 bits per heavy atom. The third kappa shape index (κ3) is 6.35. The second-order valence-corrected chi connectivity index (χ2v) is 8.02. The lowest BCUT2D eigenvalue weighted by molar-refractivity contribution is -0.120. The normalized spacial score (nSPS) is 15.6. The smallest absolute Gasteiger partial charge is 0.233 e. The highest BCUT2D eigenvalue weighted by molar-refractivity contribution is 8.02. The molecule has 1 atom stereocenters. The van der Waals surface area contributed by atoms with Gasteiger partial charge in [-0.05, 0) is 39.0 Å². The fraction of sp³-hybridized carbons (Fsp3) is 0.562. The Balaban J connectivity index is 1.70. The van der Waals surface area contributed by atoms with Crippen LogP contribution in [0.25, 0.3) is 0 Å². The van der Waals surface area contributed by atoms with Crippen LogP contribution in [-0.4, -0.2) is 34.4 Å². The molecule has 1 aromatic heterocycles. The Morgan fingerprint density at radius 3 is 3.13 bits per heavy atom. The highest BCUT2D eigenvalue weighted by Crippen LogP contribution is 2.28. The van der Waals surface area contributed by atoms with Crippen molar-refractivity contribution in [1.82, 2.24) is 15.5 Å². The molecule has 1 aromatic rings. The third-order valence-corrected chi connectivity index (χ3v) is 5.65. The monoisotopic (exact) mass is 352 g/mol. The van der Waals surface area contributed by atoms with Gasteiger partial charge in [0.25, 0.3) is 0 Å². The van der Waals surface area contributed by atoms with E-state index in [2.05, 4.69) is 33.5 Å². The molecule has 0 aliphatic heterocycles. The zero-order valence-electron chi connectivity index (χ0n) is 13.5. The Bertz CT molecular complexity index is 556. The molecule has 2 N–H and O–H groups in total. The van der Waals surface area contributed by atoms with E-state index >= 15 is 0 Å². The molecule has 126 valence electrons. The van der Waals surface area contributed by atoms with Gasteiger partial charge < -0.3 is 10.6 Å². The summed E-state index contributed by atoms with van der Waals surface area (Å²) in [5.41, 5.74) is 1.49. The van der Waals surface area contributed by atoms with Crippen molar-refractivity contribution in [1.29, 1.82) is 0 Å². The highest BCUT2D eigenvalue weighted by Gasteiger charge is 2.17. The topological polar surface area (TPSA) is 66.9 Å². The second-order valence-electron chi connectivity index (χ2n) is 5.45. The molecule has 23 heavy (non-hydrogen) atoms. The molecule has 0 radical (unpaired) electrons. The summed E-state index contributed by atoms with van der Waals surface area (Å²) in [6.07, 6.45) is 10.0. The number of nitrogens with one attached hydrogen (secondary N) is 2. The Morgan fingerprint density at radius 2 is 2.39 bits per heavy atom. The van der Waals surface area contributed by atoms with E-state index in [-0.39, 0.29) is 11.2 Å². The average Bonchev–Trinajstić information content (AvgIpc) is 3.01. The lowest BCUT2D eigenvalue weighted by Gasteiger charge is -2.14. The number of aromatic nitrogens is 2. The first-order valence-corrected chi connectivity index (χ1v) is 9.69. The maximum Gasteiger partial charge on any atom is 0.233 e. The minimum Gasteiger partial charge on any atom is -0.357 e. The van der Waals surface area contributed by atoms with Crippen molar-refractivity contribution in [3.8, 4) is 0 Å². The average molecular weight is 353 g/mol. The van der Waals surface area contributed by atoms with E-state index < -0.39 is 0 Å². The van der Waals surface area contributed by atoms with Gasteiger partial charge in [0, 0.05) is 13.1 Å². The summed E-state index contributed by atoms with van der Waals surface area (Å²) in [5, 5.41) is 14.8. The molecule has 0 unspecified atom stereocenters. The maximum atomic E-state index is 12.1. The van der Waals surface area contributed by atoms with Crippen LogP contribution in [0.3, 0.4) is 0 Å². The lowest BCUT2D eigenvalue weighted by Crippen LogP contribution is -2.31. The second kappa shape index (κ2) is 9.72. The number of anilines is 1. The van der Waals surface area contributed by atoms with Gasteiger partial charge in [-0.15, -0.1) is 16.8 Å². The highest BCUT2D eigenvalue weighted by atomic mass is 32.2. The van der Waals surface area contributed by atoms with Crippen LogP contribution in [0.1, 0.15) is 39.0 Å². The number of nitrogens with zero attached hydrogens (tertiary/aromatic N) is 2. The number of rotatable bonds is 9. The van der Waals surface area contributed by atoms with Crippen molar-refractivity contribution < 1.29 is 4.79 Å². The molecule has 7 heteroatoms. The molecule has 0 saturated heterocycles. The van der Waals surface area contributed by atoms with E-state index in [0.717, 1.165) is 22.4 Å². The van der Waals surface area contributed by atoms with Crippen LogP contribution < -0.4 is 10.6 Å². The molecule has 1 aliphatic carbocycles. The molecule has 0 spiro atoms. The zero-order valence-corrected chi connectivity index (χ0v) is 15.1. The first-order chi connectivity index (χ1) is 11.2. The Hall–Kier alpha value is -1.34. The van der Waals surface area contributed by atoms with Crippen LogP contribution in [-0.2, 0) is 4.79 Å². The van der Waals surface area contributed by atoms with Gasteiger partial charge >= 0.3 is 0 Å². The molecule has 0 fully saturated rings. The number of thioether (sulfide) groups is 1. The summed E-state index contributed by atoms with van der Waals surface area (Å²) in [4.78, 5) is 12.1. The number of carbonyl (C=O) groups excluding carboxylic acids is 1. The van der Waals surface area contributed by atoms with E-state index in [1.807, 2.05) is 6.92 Å². The minimum absolute atomic E-state index is 0.0576. The number of hydrogen-bond acceptors (Lipinski definition) is 6. The standard InChI is InChI=1S/C16H24N4OS2/c1-3-10-18-15-19-20-16(23-15)22-12(2)14(21)17-11-9-13-7-5-4-6-8-13/h3,7,12H,1,4-6,8-11H2,2H3,(H,17,21)(H,18,19)/t12-/m1/s1. The SMILES string of the molecule is C=CCNc1nnc(S[C@H](C)C(=O)NCCC2=CCCCC2)s1. The molecule has 2 rings (SSSR count). The fourth-order valence-electron chi connectivity index (χ4n) is 2.31. The van der Waals surface area contributed by atoms with Gasteiger partial charge in [0.15, 0.2) is 4.34 Å². The van der Waals surface area contributed by atoms with Crippen molar-refractivity contribution in [2.75, 3.05) is 18.4 Å². The van der Waals surface area contributed by atoms with Crippen LogP contribution in [0.2, 0.25) is 0 Å². The van der Waals surface area contributed by atoms with Gasteiger partial charge in [-0.2, -0.15) is 0 Å². The molecule has 1 amide bonds. The number of allylic oxidation sites excluding steroid dienone is 1. The minimum atomic E-state index is -0.171. The van der Waals surface area contributed by atoms with Gasteiger partial charge in [0.05, 0.1) is 5.25 Å². The van der Waals surface area contributed by atoms with E-state index in [4.69, 9.17) is 0 Å². The van der Waals surface area contributed by atoms with Crippen LogP contribution in [0.15, 0.2) is 28.6 Å². The molecule has 0 saturated carbocycles. The van der Waals surface area contributed by atoms with Crippen LogP contribution in [0.4, 0.5) is 5.13 Å². The van der Waals surface area contributed by atoms with E-state index in [9.17, 15) is 4.79 Å². The predicted octanol–water partition coefficient (Wildman–Crippen LogP) is 3.62. The van der Waals surface area contributed by atoms with Crippen LogP contribution >= 0.6 is 23.1 Å². The summed E-state index contributed by atoms with van der Waals surface area (Å²) in [5.74, 6) is 0.0576. The molecule has 5 nitrogen and oxygen atoms in total. The number of hydrogen-bond donors (Lipinski definition) is 2. The summed E-state index contributed by atoms with van der Waals surface area (Å²) in [6.45, 7) is 6.93. The van der Waals surface area contributed by atoms with Crippen molar-refractivity contribution in [2.45, 2.75) is 48.6 Å².